The molecule has 0 radical (unpaired) electrons. The Kier molecular flexibility index (Phi) is 2.16. The second-order valence-electron chi connectivity index (χ2n) is 4.03. The van der Waals surface area contributed by atoms with E-state index in [1.807, 2.05) is 0 Å². The molecule has 0 saturated carbocycles. The molecule has 0 unspecified atom stereocenters. The van der Waals surface area contributed by atoms with Crippen molar-refractivity contribution in [1.29, 1.82) is 0 Å². The lowest BCUT2D eigenvalue weighted by Crippen LogP contribution is -2.29. The van der Waals surface area contributed by atoms with Gasteiger partial charge in [0.05, 0.1) is 23.4 Å². The van der Waals surface area contributed by atoms with Crippen molar-refractivity contribution in [2.75, 3.05) is 0 Å². The number of amides is 2. The van der Waals surface area contributed by atoms with Gasteiger partial charge in [-0.1, -0.05) is 12.1 Å². The number of aromatic amines is 2. The summed E-state index contributed by atoms with van der Waals surface area (Å²) in [5, 5.41) is 4.98. The van der Waals surface area contributed by atoms with E-state index in [0.717, 1.165) is 4.90 Å². The van der Waals surface area contributed by atoms with Crippen molar-refractivity contribution in [3.63, 3.8) is 0 Å². The Labute approximate surface area is 101 Å². The highest BCUT2D eigenvalue weighted by Gasteiger charge is 2.35. The van der Waals surface area contributed by atoms with Crippen LogP contribution < -0.4 is 5.56 Å². The molecule has 1 aromatic heterocycles. The quantitative estimate of drug-likeness (QED) is 0.753. The Morgan fingerprint density at radius 2 is 1.56 bits per heavy atom. The fraction of sp³-hybridized carbons (Fsp3) is 0.0833. The standard InChI is InChI=1S/C12H9N3O3/c16-10-5-7(13-14-10)6-15-11(17)8-3-1-2-4-9(8)12(15)18/h1-5H,6H2,(H2,13,14,16). The largest absolute Gasteiger partial charge is 0.300 e. The monoisotopic (exact) mass is 243 g/mol. The average Bonchev–Trinajstić information content (AvgIpc) is 2.88. The van der Waals surface area contributed by atoms with E-state index >= 15 is 0 Å². The maximum Gasteiger partial charge on any atom is 0.264 e. The van der Waals surface area contributed by atoms with Crippen molar-refractivity contribution in [2.24, 2.45) is 0 Å². The van der Waals surface area contributed by atoms with Gasteiger partial charge in [0.25, 0.3) is 17.4 Å². The minimum Gasteiger partial charge on any atom is -0.300 e. The SMILES string of the molecule is O=C1c2ccccc2C(=O)N1Cc1cc(=O)[nH][nH]1. The molecule has 18 heavy (non-hydrogen) atoms. The average molecular weight is 243 g/mol. The summed E-state index contributed by atoms with van der Waals surface area (Å²) in [6.45, 7) is 0.0606. The second kappa shape index (κ2) is 3.69. The van der Waals surface area contributed by atoms with E-state index in [9.17, 15) is 14.4 Å². The zero-order valence-electron chi connectivity index (χ0n) is 9.27. The van der Waals surface area contributed by atoms with Crippen molar-refractivity contribution >= 4 is 11.8 Å². The lowest BCUT2D eigenvalue weighted by atomic mass is 10.1. The number of imide groups is 1. The van der Waals surface area contributed by atoms with E-state index in [-0.39, 0.29) is 23.9 Å². The first-order valence-corrected chi connectivity index (χ1v) is 5.38. The Morgan fingerprint density at radius 3 is 2.06 bits per heavy atom. The number of benzene rings is 1. The molecule has 90 valence electrons. The van der Waals surface area contributed by atoms with Gasteiger partial charge in [-0.3, -0.25) is 24.4 Å². The van der Waals surface area contributed by atoms with Gasteiger partial charge in [0.1, 0.15) is 0 Å². The third-order valence-electron chi connectivity index (χ3n) is 2.86. The highest BCUT2D eigenvalue weighted by atomic mass is 16.2. The van der Waals surface area contributed by atoms with Gasteiger partial charge < -0.3 is 5.10 Å². The molecule has 1 aliphatic heterocycles. The molecule has 0 atom stereocenters. The van der Waals surface area contributed by atoms with Gasteiger partial charge in [-0.25, -0.2) is 0 Å². The van der Waals surface area contributed by atoms with E-state index in [4.69, 9.17) is 0 Å². The first-order chi connectivity index (χ1) is 8.66. The van der Waals surface area contributed by atoms with Crippen molar-refractivity contribution < 1.29 is 9.59 Å². The number of rotatable bonds is 2. The smallest absolute Gasteiger partial charge is 0.264 e. The van der Waals surface area contributed by atoms with Crippen molar-refractivity contribution in [1.82, 2.24) is 15.1 Å². The first-order valence-electron chi connectivity index (χ1n) is 5.38. The van der Waals surface area contributed by atoms with Crippen LogP contribution in [-0.4, -0.2) is 26.9 Å². The van der Waals surface area contributed by atoms with Crippen LogP contribution in [0.4, 0.5) is 0 Å². The van der Waals surface area contributed by atoms with Gasteiger partial charge >= 0.3 is 0 Å². The van der Waals surface area contributed by atoms with Gasteiger partial charge in [-0.15, -0.1) is 0 Å². The van der Waals surface area contributed by atoms with Crippen LogP contribution >= 0.6 is 0 Å². The summed E-state index contributed by atoms with van der Waals surface area (Å²) in [6.07, 6.45) is 0. The summed E-state index contributed by atoms with van der Waals surface area (Å²) in [5.74, 6) is -0.671. The van der Waals surface area contributed by atoms with Crippen molar-refractivity contribution in [3.05, 3.63) is 57.5 Å². The number of fused-ring (bicyclic) bond motifs is 1. The summed E-state index contributed by atoms with van der Waals surface area (Å²) >= 11 is 0. The molecule has 2 amide bonds. The van der Waals surface area contributed by atoms with E-state index < -0.39 is 0 Å². The van der Waals surface area contributed by atoms with Crippen molar-refractivity contribution in [2.45, 2.75) is 6.54 Å². The molecule has 1 aromatic carbocycles. The number of carbonyl (C=O) groups is 2. The van der Waals surface area contributed by atoms with Gasteiger partial charge in [0.2, 0.25) is 0 Å². The molecule has 6 nitrogen and oxygen atoms in total. The number of nitrogens with one attached hydrogen (secondary N) is 2. The summed E-state index contributed by atoms with van der Waals surface area (Å²) in [5.41, 5.74) is 1.01. The fourth-order valence-corrected chi connectivity index (χ4v) is 2.01. The molecule has 3 rings (SSSR count). The van der Waals surface area contributed by atoms with E-state index in [2.05, 4.69) is 10.2 Å². The zero-order valence-corrected chi connectivity index (χ0v) is 9.27. The topological polar surface area (TPSA) is 86.0 Å². The van der Waals surface area contributed by atoms with Crippen LogP contribution in [0.3, 0.4) is 0 Å². The van der Waals surface area contributed by atoms with Crippen LogP contribution in [-0.2, 0) is 6.54 Å². The van der Waals surface area contributed by atoms with Gasteiger partial charge in [-0.05, 0) is 12.1 Å². The Hall–Kier alpha value is -2.63. The molecular weight excluding hydrogens is 234 g/mol. The van der Waals surface area contributed by atoms with Crippen LogP contribution in [0.2, 0.25) is 0 Å². The first kappa shape index (κ1) is 10.5. The van der Waals surface area contributed by atoms with Crippen molar-refractivity contribution in [3.8, 4) is 0 Å². The molecule has 1 aliphatic rings. The van der Waals surface area contributed by atoms with E-state index in [0.29, 0.717) is 16.8 Å². The maximum atomic E-state index is 12.0. The summed E-state index contributed by atoms with van der Waals surface area (Å²) in [7, 11) is 0. The molecule has 2 N–H and O–H groups in total. The lowest BCUT2D eigenvalue weighted by molar-refractivity contribution is 0.0640. The summed E-state index contributed by atoms with van der Waals surface area (Å²) in [6, 6.07) is 7.99. The van der Waals surface area contributed by atoms with Crippen LogP contribution in [0, 0.1) is 0 Å². The highest BCUT2D eigenvalue weighted by molar-refractivity contribution is 6.21. The minimum absolute atomic E-state index is 0.0606. The molecule has 2 aromatic rings. The predicted molar refractivity (Wildman–Crippen MR) is 62.1 cm³/mol. The van der Waals surface area contributed by atoms with Gasteiger partial charge in [0, 0.05) is 6.07 Å². The van der Waals surface area contributed by atoms with Crippen LogP contribution in [0.1, 0.15) is 26.4 Å². The molecule has 0 saturated heterocycles. The Balaban J connectivity index is 1.95. The predicted octanol–water partition coefficient (Wildman–Crippen LogP) is 0.499. The van der Waals surface area contributed by atoms with Crippen LogP contribution in [0.15, 0.2) is 35.1 Å². The van der Waals surface area contributed by atoms with E-state index in [1.165, 1.54) is 6.07 Å². The number of nitrogens with zero attached hydrogens (tertiary/aromatic N) is 1. The fourth-order valence-electron chi connectivity index (χ4n) is 2.01. The molecule has 0 spiro atoms. The highest BCUT2D eigenvalue weighted by Crippen LogP contribution is 2.23. The third-order valence-corrected chi connectivity index (χ3v) is 2.86. The zero-order chi connectivity index (χ0) is 12.7. The number of hydrogen-bond donors (Lipinski definition) is 2. The normalized spacial score (nSPS) is 14.1. The summed E-state index contributed by atoms with van der Waals surface area (Å²) < 4.78 is 0. The second-order valence-corrected chi connectivity index (χ2v) is 4.03. The Bertz CT molecular complexity index is 663. The molecule has 6 heteroatoms. The minimum atomic E-state index is -0.336. The number of hydrogen-bond acceptors (Lipinski definition) is 3. The third kappa shape index (κ3) is 1.46. The number of carbonyl (C=O) groups excluding carboxylic acids is 2. The lowest BCUT2D eigenvalue weighted by Gasteiger charge is -2.11. The number of aromatic nitrogens is 2. The van der Waals surface area contributed by atoms with Crippen LogP contribution in [0.5, 0.6) is 0 Å². The molecule has 0 aliphatic carbocycles. The van der Waals surface area contributed by atoms with E-state index in [1.54, 1.807) is 24.3 Å². The Morgan fingerprint density at radius 1 is 0.944 bits per heavy atom. The molecule has 0 bridgehead atoms. The van der Waals surface area contributed by atoms with Crippen LogP contribution in [0.25, 0.3) is 0 Å². The molecule has 2 heterocycles. The van der Waals surface area contributed by atoms with Gasteiger partial charge in [-0.2, -0.15) is 0 Å². The maximum absolute atomic E-state index is 12.0. The number of H-pyrrole nitrogens is 2. The van der Waals surface area contributed by atoms with Gasteiger partial charge in [0.15, 0.2) is 0 Å². The molecule has 0 fully saturated rings. The molecular formula is C12H9N3O3. The summed E-state index contributed by atoms with van der Waals surface area (Å²) in [4.78, 5) is 36.1.